The molecule has 2 aromatic rings. The number of aromatic nitrogens is 2. The quantitative estimate of drug-likeness (QED) is 0.751. The van der Waals surface area contributed by atoms with Gasteiger partial charge >= 0.3 is 0 Å². The van der Waals surface area contributed by atoms with Crippen molar-refractivity contribution in [2.24, 2.45) is 0 Å². The molecule has 0 spiro atoms. The number of rotatable bonds is 5. The van der Waals surface area contributed by atoms with Gasteiger partial charge in [-0.3, -0.25) is 4.90 Å². The summed E-state index contributed by atoms with van der Waals surface area (Å²) in [5.41, 5.74) is 2.76. The molecule has 0 radical (unpaired) electrons. The van der Waals surface area contributed by atoms with Crippen molar-refractivity contribution in [1.82, 2.24) is 14.9 Å². The van der Waals surface area contributed by atoms with Crippen molar-refractivity contribution >= 4 is 11.8 Å². The molecule has 3 aliphatic rings. The van der Waals surface area contributed by atoms with E-state index in [4.69, 9.17) is 14.5 Å². The second-order valence-corrected chi connectivity index (χ2v) is 8.47. The number of anilines is 2. The lowest BCUT2D eigenvalue weighted by Crippen LogP contribution is -2.43. The zero-order chi connectivity index (χ0) is 20.3. The number of fused-ring (bicyclic) bond motifs is 1. The molecule has 30 heavy (non-hydrogen) atoms. The number of morpholine rings is 1. The molecule has 0 bridgehead atoms. The lowest BCUT2D eigenvalue weighted by Gasteiger charge is -2.37. The van der Waals surface area contributed by atoms with E-state index in [1.807, 2.05) is 12.3 Å². The zero-order valence-corrected chi connectivity index (χ0v) is 17.8. The van der Waals surface area contributed by atoms with Crippen LogP contribution in [0.1, 0.15) is 24.0 Å². The van der Waals surface area contributed by atoms with Crippen LogP contribution in [-0.2, 0) is 17.7 Å². The van der Waals surface area contributed by atoms with Gasteiger partial charge in [-0.25, -0.2) is 4.98 Å². The SMILES string of the molecule is CN(c1ccnc(N2CCOCC2)n1)C1CCN(Cc2ccc3c(c2)CCO3)CC1. The van der Waals surface area contributed by atoms with Crippen LogP contribution in [-0.4, -0.2) is 74.0 Å². The van der Waals surface area contributed by atoms with Crippen molar-refractivity contribution in [2.75, 3.05) is 62.8 Å². The molecule has 7 heteroatoms. The Hall–Kier alpha value is -2.38. The Morgan fingerprint density at radius 3 is 2.73 bits per heavy atom. The second kappa shape index (κ2) is 8.78. The zero-order valence-electron chi connectivity index (χ0n) is 17.8. The molecule has 0 unspecified atom stereocenters. The number of likely N-dealkylation sites (tertiary alicyclic amines) is 1. The lowest BCUT2D eigenvalue weighted by molar-refractivity contribution is 0.122. The molecule has 0 atom stereocenters. The third-order valence-corrected chi connectivity index (χ3v) is 6.55. The van der Waals surface area contributed by atoms with E-state index < -0.39 is 0 Å². The number of benzene rings is 1. The Morgan fingerprint density at radius 2 is 1.90 bits per heavy atom. The van der Waals surface area contributed by atoms with Gasteiger partial charge in [0.1, 0.15) is 11.6 Å². The molecule has 2 fully saturated rings. The molecular formula is C23H31N5O2. The maximum atomic E-state index is 5.63. The van der Waals surface area contributed by atoms with Gasteiger partial charge in [-0.1, -0.05) is 12.1 Å². The molecule has 3 aliphatic heterocycles. The third kappa shape index (κ3) is 4.23. The minimum absolute atomic E-state index is 0.516. The summed E-state index contributed by atoms with van der Waals surface area (Å²) in [6.45, 7) is 7.30. The molecule has 0 saturated carbocycles. The largest absolute Gasteiger partial charge is 0.493 e. The van der Waals surface area contributed by atoms with Crippen LogP contribution in [0.4, 0.5) is 11.8 Å². The minimum atomic E-state index is 0.516. The summed E-state index contributed by atoms with van der Waals surface area (Å²) in [6.07, 6.45) is 5.24. The molecule has 160 valence electrons. The van der Waals surface area contributed by atoms with E-state index in [2.05, 4.69) is 44.9 Å². The fraction of sp³-hybridized carbons (Fsp3) is 0.565. The number of hydrogen-bond donors (Lipinski definition) is 0. The standard InChI is InChI=1S/C23H31N5O2/c1-26(22-4-8-24-23(25-22)28-11-14-29-15-12-28)20-5-9-27(10-6-20)17-18-2-3-21-19(16-18)7-13-30-21/h2-4,8,16,20H,5-7,9-15,17H2,1H3. The Balaban J connectivity index is 1.17. The van der Waals surface area contributed by atoms with Gasteiger partial charge in [0.2, 0.25) is 5.95 Å². The van der Waals surface area contributed by atoms with E-state index in [1.165, 1.54) is 11.1 Å². The highest BCUT2D eigenvalue weighted by Crippen LogP contribution is 2.27. The van der Waals surface area contributed by atoms with Crippen LogP contribution in [0.25, 0.3) is 0 Å². The predicted molar refractivity (Wildman–Crippen MR) is 117 cm³/mol. The molecule has 4 heterocycles. The van der Waals surface area contributed by atoms with Crippen molar-refractivity contribution in [1.29, 1.82) is 0 Å². The maximum absolute atomic E-state index is 5.63. The monoisotopic (exact) mass is 409 g/mol. The molecular weight excluding hydrogens is 378 g/mol. The van der Waals surface area contributed by atoms with Gasteiger partial charge in [0.25, 0.3) is 0 Å². The number of nitrogens with zero attached hydrogens (tertiary/aromatic N) is 5. The Morgan fingerprint density at radius 1 is 1.07 bits per heavy atom. The number of hydrogen-bond acceptors (Lipinski definition) is 7. The molecule has 1 aromatic heterocycles. The molecule has 7 nitrogen and oxygen atoms in total. The van der Waals surface area contributed by atoms with Crippen LogP contribution in [0.3, 0.4) is 0 Å². The Kier molecular flexibility index (Phi) is 5.73. The van der Waals surface area contributed by atoms with E-state index >= 15 is 0 Å². The highest BCUT2D eigenvalue weighted by atomic mass is 16.5. The van der Waals surface area contributed by atoms with Gasteiger partial charge < -0.3 is 19.3 Å². The smallest absolute Gasteiger partial charge is 0.227 e. The average Bonchev–Trinajstić information content (AvgIpc) is 3.28. The lowest BCUT2D eigenvalue weighted by atomic mass is 10.0. The van der Waals surface area contributed by atoms with E-state index in [0.717, 1.165) is 89.3 Å². The maximum Gasteiger partial charge on any atom is 0.227 e. The van der Waals surface area contributed by atoms with Gasteiger partial charge in [0.05, 0.1) is 19.8 Å². The van der Waals surface area contributed by atoms with E-state index in [1.54, 1.807) is 0 Å². The third-order valence-electron chi connectivity index (χ3n) is 6.55. The highest BCUT2D eigenvalue weighted by Gasteiger charge is 2.24. The first-order valence-electron chi connectivity index (χ1n) is 11.1. The van der Waals surface area contributed by atoms with Gasteiger partial charge in [-0.05, 0) is 36.1 Å². The molecule has 5 rings (SSSR count). The number of ether oxygens (including phenoxy) is 2. The molecule has 0 amide bonds. The van der Waals surface area contributed by atoms with Gasteiger partial charge in [-0.2, -0.15) is 4.98 Å². The molecule has 0 aliphatic carbocycles. The van der Waals surface area contributed by atoms with E-state index in [9.17, 15) is 0 Å². The summed E-state index contributed by atoms with van der Waals surface area (Å²) in [5, 5.41) is 0. The van der Waals surface area contributed by atoms with Crippen molar-refractivity contribution in [3.63, 3.8) is 0 Å². The summed E-state index contributed by atoms with van der Waals surface area (Å²) in [5.74, 6) is 2.91. The van der Waals surface area contributed by atoms with Gasteiger partial charge in [0, 0.05) is 58.4 Å². The van der Waals surface area contributed by atoms with E-state index in [-0.39, 0.29) is 0 Å². The highest BCUT2D eigenvalue weighted by molar-refractivity contribution is 5.44. The molecule has 0 N–H and O–H groups in total. The van der Waals surface area contributed by atoms with Gasteiger partial charge in [0.15, 0.2) is 0 Å². The van der Waals surface area contributed by atoms with Crippen LogP contribution >= 0.6 is 0 Å². The van der Waals surface area contributed by atoms with Crippen molar-refractivity contribution < 1.29 is 9.47 Å². The average molecular weight is 410 g/mol. The minimum Gasteiger partial charge on any atom is -0.493 e. The fourth-order valence-corrected chi connectivity index (χ4v) is 4.70. The first-order valence-corrected chi connectivity index (χ1v) is 11.1. The first-order chi connectivity index (χ1) is 14.8. The second-order valence-electron chi connectivity index (χ2n) is 8.47. The topological polar surface area (TPSA) is 54.0 Å². The summed E-state index contributed by atoms with van der Waals surface area (Å²) >= 11 is 0. The fourth-order valence-electron chi connectivity index (χ4n) is 4.70. The summed E-state index contributed by atoms with van der Waals surface area (Å²) in [6, 6.07) is 9.23. The Labute approximate surface area is 178 Å². The number of piperidine rings is 1. The van der Waals surface area contributed by atoms with Crippen LogP contribution in [0.15, 0.2) is 30.5 Å². The van der Waals surface area contributed by atoms with Crippen LogP contribution in [0.5, 0.6) is 5.75 Å². The van der Waals surface area contributed by atoms with Crippen LogP contribution in [0.2, 0.25) is 0 Å². The van der Waals surface area contributed by atoms with Crippen LogP contribution in [0, 0.1) is 0 Å². The predicted octanol–water partition coefficient (Wildman–Crippen LogP) is 2.35. The molecule has 1 aromatic carbocycles. The van der Waals surface area contributed by atoms with Crippen molar-refractivity contribution in [3.05, 3.63) is 41.6 Å². The van der Waals surface area contributed by atoms with E-state index in [0.29, 0.717) is 6.04 Å². The summed E-state index contributed by atoms with van der Waals surface area (Å²) in [7, 11) is 2.17. The Bertz CT molecular complexity index is 862. The normalized spacial score (nSPS) is 20.1. The summed E-state index contributed by atoms with van der Waals surface area (Å²) < 4.78 is 11.1. The van der Waals surface area contributed by atoms with Gasteiger partial charge in [-0.15, -0.1) is 0 Å². The molecule has 2 saturated heterocycles. The first kappa shape index (κ1) is 19.6. The van der Waals surface area contributed by atoms with Crippen molar-refractivity contribution in [3.8, 4) is 5.75 Å². The summed E-state index contributed by atoms with van der Waals surface area (Å²) in [4.78, 5) is 16.5. The van der Waals surface area contributed by atoms with Crippen LogP contribution < -0.4 is 14.5 Å². The van der Waals surface area contributed by atoms with Crippen molar-refractivity contribution in [2.45, 2.75) is 31.8 Å².